The fourth-order valence-corrected chi connectivity index (χ4v) is 4.46. The fraction of sp³-hybridized carbons (Fsp3) is 0.217. The van der Waals surface area contributed by atoms with Gasteiger partial charge in [0.25, 0.3) is 5.91 Å². The van der Waals surface area contributed by atoms with Crippen molar-refractivity contribution >= 4 is 34.4 Å². The lowest BCUT2D eigenvalue weighted by atomic mass is 9.98. The molecule has 0 aliphatic heterocycles. The number of aromatic nitrogens is 1. The van der Waals surface area contributed by atoms with E-state index >= 15 is 0 Å². The van der Waals surface area contributed by atoms with Crippen LogP contribution in [0.5, 0.6) is 0 Å². The van der Waals surface area contributed by atoms with Gasteiger partial charge >= 0.3 is 12.1 Å². The number of carbonyl (C=O) groups is 3. The number of hydrogen-bond donors (Lipinski definition) is 3. The molecule has 0 saturated heterocycles. The van der Waals surface area contributed by atoms with Gasteiger partial charge in [0, 0.05) is 5.92 Å². The molecule has 1 aromatic heterocycles. The second-order valence-electron chi connectivity index (χ2n) is 7.41. The number of hydrogen-bond acceptors (Lipinski definition) is 7. The van der Waals surface area contributed by atoms with Gasteiger partial charge in [-0.15, -0.1) is 0 Å². The van der Waals surface area contributed by atoms with Crippen molar-refractivity contribution in [3.63, 3.8) is 0 Å². The summed E-state index contributed by atoms with van der Waals surface area (Å²) in [6, 6.07) is 16.1. The molecule has 170 valence electrons. The highest BCUT2D eigenvalue weighted by Gasteiger charge is 2.29. The third kappa shape index (κ3) is 4.71. The Labute approximate surface area is 193 Å². The monoisotopic (exact) mass is 467 g/mol. The summed E-state index contributed by atoms with van der Waals surface area (Å²) < 4.78 is 5.48. The number of anilines is 1. The molecule has 1 aliphatic rings. The number of aryl methyl sites for hydroxylation is 1. The van der Waals surface area contributed by atoms with Crippen molar-refractivity contribution in [1.29, 1.82) is 0 Å². The first-order valence-corrected chi connectivity index (χ1v) is 10.9. The zero-order valence-corrected chi connectivity index (χ0v) is 18.6. The number of thiazole rings is 1. The van der Waals surface area contributed by atoms with Crippen molar-refractivity contribution in [3.05, 3.63) is 70.2 Å². The number of rotatable bonds is 7. The second kappa shape index (κ2) is 9.39. The van der Waals surface area contributed by atoms with Crippen LogP contribution < -0.4 is 10.8 Å². The summed E-state index contributed by atoms with van der Waals surface area (Å²) in [6.07, 6.45) is -1.89. The van der Waals surface area contributed by atoms with Gasteiger partial charge in [-0.1, -0.05) is 59.9 Å². The number of fused-ring (bicyclic) bond motifs is 3. The summed E-state index contributed by atoms with van der Waals surface area (Å²) in [5, 5.41) is 11.5. The average Bonchev–Trinajstić information content (AvgIpc) is 3.33. The largest absolute Gasteiger partial charge is 0.479 e. The molecule has 10 heteroatoms. The highest BCUT2D eigenvalue weighted by atomic mass is 32.1. The molecule has 0 saturated carbocycles. The molecule has 1 atom stereocenters. The molecule has 9 nitrogen and oxygen atoms in total. The predicted octanol–water partition coefficient (Wildman–Crippen LogP) is 3.95. The summed E-state index contributed by atoms with van der Waals surface area (Å²) in [4.78, 5) is 44.6. The Morgan fingerprint density at radius 1 is 1.09 bits per heavy atom. The molecular formula is C23H21N3O6S. The molecule has 0 spiro atoms. The van der Waals surface area contributed by atoms with Gasteiger partial charge in [0.05, 0.1) is 5.69 Å². The maximum Gasteiger partial charge on any atom is 0.413 e. The van der Waals surface area contributed by atoms with Gasteiger partial charge in [0.15, 0.2) is 11.2 Å². The van der Waals surface area contributed by atoms with Crippen LogP contribution in [0.1, 0.15) is 39.3 Å². The van der Waals surface area contributed by atoms with Crippen LogP contribution in [0.15, 0.2) is 48.5 Å². The van der Waals surface area contributed by atoms with Crippen molar-refractivity contribution in [3.8, 4) is 11.1 Å². The summed E-state index contributed by atoms with van der Waals surface area (Å²) in [7, 11) is 0. The Hall–Kier alpha value is -3.76. The molecular weight excluding hydrogens is 446 g/mol. The smallest absolute Gasteiger partial charge is 0.413 e. The molecule has 2 aromatic carbocycles. The standard InChI is InChI=1S/C23H21N3O6S/c1-12-19(20(27)26-32-13(2)21(28)29)33-22(24-12)25-23(30)31-11-18-16-9-5-3-7-14(16)15-8-4-6-10-17(15)18/h3-10,13,18H,11H2,1-2H3,(H,26,27)(H,28,29)(H,24,25,30). The Kier molecular flexibility index (Phi) is 6.38. The molecule has 0 bridgehead atoms. The van der Waals surface area contributed by atoms with Crippen molar-refractivity contribution in [2.75, 3.05) is 11.9 Å². The number of amides is 2. The van der Waals surface area contributed by atoms with Crippen LogP contribution in [-0.2, 0) is 14.4 Å². The first-order chi connectivity index (χ1) is 15.8. The van der Waals surface area contributed by atoms with Crippen LogP contribution in [0.2, 0.25) is 0 Å². The predicted molar refractivity (Wildman–Crippen MR) is 121 cm³/mol. The topological polar surface area (TPSA) is 127 Å². The van der Waals surface area contributed by atoms with Crippen molar-refractivity contribution < 1.29 is 29.1 Å². The quantitative estimate of drug-likeness (QED) is 0.449. The molecule has 1 unspecified atom stereocenters. The van der Waals surface area contributed by atoms with E-state index in [1.807, 2.05) is 36.4 Å². The van der Waals surface area contributed by atoms with Gasteiger partial charge < -0.3 is 9.84 Å². The number of benzene rings is 2. The summed E-state index contributed by atoms with van der Waals surface area (Å²) in [6.45, 7) is 3.03. The van der Waals surface area contributed by atoms with E-state index in [1.54, 1.807) is 6.92 Å². The number of carboxylic acid groups (broad SMARTS) is 1. The van der Waals surface area contributed by atoms with Crippen molar-refractivity contribution in [1.82, 2.24) is 10.5 Å². The minimum atomic E-state index is -1.21. The lowest BCUT2D eigenvalue weighted by Crippen LogP contribution is -2.32. The number of ether oxygens (including phenoxy) is 1. The van der Waals surface area contributed by atoms with Gasteiger partial charge in [-0.3, -0.25) is 14.9 Å². The second-order valence-corrected chi connectivity index (χ2v) is 8.41. The van der Waals surface area contributed by atoms with E-state index in [0.717, 1.165) is 33.6 Å². The maximum atomic E-state index is 12.4. The van der Waals surface area contributed by atoms with E-state index in [9.17, 15) is 14.4 Å². The SMILES string of the molecule is Cc1nc(NC(=O)OCC2c3ccccc3-c3ccccc32)sc1C(=O)NOC(C)C(=O)O. The Bertz CT molecular complexity index is 1180. The zero-order valence-electron chi connectivity index (χ0n) is 17.8. The van der Waals surface area contributed by atoms with Crippen LogP contribution in [0.4, 0.5) is 9.93 Å². The van der Waals surface area contributed by atoms with Gasteiger partial charge in [0.1, 0.15) is 11.5 Å². The molecule has 33 heavy (non-hydrogen) atoms. The summed E-state index contributed by atoms with van der Waals surface area (Å²) in [5.41, 5.74) is 6.90. The molecule has 4 rings (SSSR count). The van der Waals surface area contributed by atoms with Crippen LogP contribution in [0.25, 0.3) is 11.1 Å². The molecule has 1 aliphatic carbocycles. The third-order valence-corrected chi connectivity index (χ3v) is 6.30. The van der Waals surface area contributed by atoms with Gasteiger partial charge in [-0.25, -0.2) is 20.1 Å². The van der Waals surface area contributed by atoms with Crippen LogP contribution >= 0.6 is 11.3 Å². The number of carboxylic acids is 1. The van der Waals surface area contributed by atoms with E-state index in [2.05, 4.69) is 27.9 Å². The third-order valence-electron chi connectivity index (χ3n) is 5.23. The van der Waals surface area contributed by atoms with Crippen LogP contribution in [0, 0.1) is 6.92 Å². The molecule has 3 aromatic rings. The number of aliphatic carboxylic acids is 1. The molecule has 0 radical (unpaired) electrons. The van der Waals surface area contributed by atoms with Gasteiger partial charge in [-0.05, 0) is 36.1 Å². The summed E-state index contributed by atoms with van der Waals surface area (Å²) in [5.74, 6) is -1.94. The van der Waals surface area contributed by atoms with E-state index in [1.165, 1.54) is 6.92 Å². The highest BCUT2D eigenvalue weighted by molar-refractivity contribution is 7.17. The number of nitrogens with one attached hydrogen (secondary N) is 2. The van der Waals surface area contributed by atoms with E-state index in [4.69, 9.17) is 14.7 Å². The number of nitrogens with zero attached hydrogens (tertiary/aromatic N) is 1. The number of carbonyl (C=O) groups excluding carboxylic acids is 2. The highest BCUT2D eigenvalue weighted by Crippen LogP contribution is 2.44. The van der Waals surface area contributed by atoms with Crippen LogP contribution in [-0.4, -0.2) is 40.8 Å². The number of hydroxylamine groups is 1. The summed E-state index contributed by atoms with van der Waals surface area (Å²) >= 11 is 0.929. The lowest BCUT2D eigenvalue weighted by Gasteiger charge is -2.14. The van der Waals surface area contributed by atoms with Crippen LogP contribution in [0.3, 0.4) is 0 Å². The van der Waals surface area contributed by atoms with Gasteiger partial charge in [0.2, 0.25) is 0 Å². The molecule has 2 amide bonds. The van der Waals surface area contributed by atoms with E-state index in [-0.39, 0.29) is 22.5 Å². The lowest BCUT2D eigenvalue weighted by molar-refractivity contribution is -0.152. The maximum absolute atomic E-state index is 12.4. The first-order valence-electron chi connectivity index (χ1n) is 10.1. The molecule has 1 heterocycles. The van der Waals surface area contributed by atoms with E-state index in [0.29, 0.717) is 5.69 Å². The Morgan fingerprint density at radius 3 is 2.30 bits per heavy atom. The molecule has 0 fully saturated rings. The minimum absolute atomic E-state index is 0.0732. The normalized spacial score (nSPS) is 13.0. The van der Waals surface area contributed by atoms with Crippen molar-refractivity contribution in [2.45, 2.75) is 25.9 Å². The van der Waals surface area contributed by atoms with E-state index < -0.39 is 24.1 Å². The minimum Gasteiger partial charge on any atom is -0.479 e. The average molecular weight is 468 g/mol. The zero-order chi connectivity index (χ0) is 23.5. The Morgan fingerprint density at radius 2 is 1.70 bits per heavy atom. The molecule has 3 N–H and O–H groups in total. The van der Waals surface area contributed by atoms with Crippen molar-refractivity contribution in [2.24, 2.45) is 0 Å². The Balaban J connectivity index is 1.38. The fourth-order valence-electron chi connectivity index (χ4n) is 3.62. The first kappa shape index (κ1) is 22.4. The van der Waals surface area contributed by atoms with Gasteiger partial charge in [-0.2, -0.15) is 0 Å².